The summed E-state index contributed by atoms with van der Waals surface area (Å²) in [5, 5.41) is 2.52. The summed E-state index contributed by atoms with van der Waals surface area (Å²) in [7, 11) is 1.55. The molecule has 0 aliphatic heterocycles. The molecule has 1 N–H and O–H groups in total. The number of pyridine rings is 1. The van der Waals surface area contributed by atoms with E-state index in [0.717, 1.165) is 5.75 Å². The van der Waals surface area contributed by atoms with E-state index in [9.17, 15) is 9.59 Å². The summed E-state index contributed by atoms with van der Waals surface area (Å²) in [6.45, 7) is 0.750. The van der Waals surface area contributed by atoms with Crippen molar-refractivity contribution in [3.05, 3.63) is 64.6 Å². The van der Waals surface area contributed by atoms with Crippen LogP contribution in [-0.4, -0.2) is 24.1 Å². The van der Waals surface area contributed by atoms with Crippen molar-refractivity contribution >= 4 is 5.91 Å². The van der Waals surface area contributed by atoms with E-state index in [1.807, 2.05) is 30.3 Å². The Hall–Kier alpha value is -2.56. The lowest BCUT2D eigenvalue weighted by molar-refractivity contribution is 0.0962. The molecule has 0 spiro atoms. The van der Waals surface area contributed by atoms with Gasteiger partial charge in [0.05, 0.1) is 12.1 Å². The Kier molecular flexibility index (Phi) is 4.55. The summed E-state index contributed by atoms with van der Waals surface area (Å²) in [4.78, 5) is 23.2. The summed E-state index contributed by atoms with van der Waals surface area (Å²) in [6, 6.07) is 12.3. The molecule has 20 heavy (non-hydrogen) atoms. The number of carbonyl (C=O) groups is 1. The molecule has 0 fully saturated rings. The van der Waals surface area contributed by atoms with Crippen LogP contribution in [0.2, 0.25) is 0 Å². The van der Waals surface area contributed by atoms with Crippen molar-refractivity contribution in [2.75, 3.05) is 13.7 Å². The summed E-state index contributed by atoms with van der Waals surface area (Å²) in [6.07, 6.45) is 1.54. The number of ether oxygens (including phenoxy) is 1. The zero-order chi connectivity index (χ0) is 14.4. The van der Waals surface area contributed by atoms with Crippen LogP contribution < -0.4 is 15.6 Å². The minimum atomic E-state index is -0.220. The molecule has 0 aliphatic rings. The lowest BCUT2D eigenvalue weighted by atomic mass is 10.2. The highest BCUT2D eigenvalue weighted by atomic mass is 16.5. The number of hydrogen-bond donors (Lipinski definition) is 1. The fourth-order valence-corrected chi connectivity index (χ4v) is 1.76. The predicted octanol–water partition coefficient (Wildman–Crippen LogP) is 1.29. The average molecular weight is 272 g/mol. The largest absolute Gasteiger partial charge is 0.492 e. The molecule has 0 unspecified atom stereocenters. The highest BCUT2D eigenvalue weighted by molar-refractivity contribution is 5.93. The number of nitrogens with one attached hydrogen (secondary N) is 1. The maximum atomic E-state index is 11.7. The van der Waals surface area contributed by atoms with Gasteiger partial charge in [-0.3, -0.25) is 9.59 Å². The molecule has 0 atom stereocenters. The van der Waals surface area contributed by atoms with Crippen LogP contribution in [0.4, 0.5) is 0 Å². The number of amides is 1. The molecule has 2 rings (SSSR count). The molecule has 0 radical (unpaired) electrons. The molecule has 5 nitrogen and oxygen atoms in total. The third-order valence-corrected chi connectivity index (χ3v) is 2.82. The Labute approximate surface area is 116 Å². The third kappa shape index (κ3) is 3.47. The Bertz CT molecular complexity index is 635. The molecule has 1 amide bonds. The molecule has 5 heteroatoms. The van der Waals surface area contributed by atoms with E-state index >= 15 is 0 Å². The lowest BCUT2D eigenvalue weighted by Gasteiger charge is -2.09. The van der Waals surface area contributed by atoms with Gasteiger partial charge in [-0.1, -0.05) is 18.2 Å². The quantitative estimate of drug-likeness (QED) is 0.892. The summed E-state index contributed by atoms with van der Waals surface area (Å²) in [5.41, 5.74) is 0.293. The fourth-order valence-electron chi connectivity index (χ4n) is 1.76. The van der Waals surface area contributed by atoms with E-state index < -0.39 is 0 Å². The van der Waals surface area contributed by atoms with E-state index in [2.05, 4.69) is 5.32 Å². The van der Waals surface area contributed by atoms with Gasteiger partial charge in [0, 0.05) is 19.3 Å². The fraction of sp³-hybridized carbons (Fsp3) is 0.200. The van der Waals surface area contributed by atoms with E-state index in [1.165, 1.54) is 22.9 Å². The predicted molar refractivity (Wildman–Crippen MR) is 76.0 cm³/mol. The minimum absolute atomic E-state index is 0.158. The zero-order valence-electron chi connectivity index (χ0n) is 11.2. The molecule has 104 valence electrons. The number of para-hydroxylation sites is 1. The molecule has 0 aliphatic carbocycles. The molecule has 1 aromatic carbocycles. The maximum Gasteiger partial charge on any atom is 0.252 e. The Morgan fingerprint density at radius 3 is 2.65 bits per heavy atom. The normalized spacial score (nSPS) is 10.1. The van der Waals surface area contributed by atoms with Gasteiger partial charge in [-0.15, -0.1) is 0 Å². The van der Waals surface area contributed by atoms with Gasteiger partial charge in [0.15, 0.2) is 0 Å². The van der Waals surface area contributed by atoms with Crippen LogP contribution in [-0.2, 0) is 6.54 Å². The van der Waals surface area contributed by atoms with Crippen LogP contribution in [0.25, 0.3) is 0 Å². The van der Waals surface area contributed by atoms with Crippen molar-refractivity contribution in [1.29, 1.82) is 0 Å². The standard InChI is InChI=1S/C15H16N2O3/c1-16-15(19)12-7-8-14(18)17(11-12)9-10-20-13-5-3-2-4-6-13/h2-8,11H,9-10H2,1H3,(H,16,19). The first-order valence-corrected chi connectivity index (χ1v) is 6.31. The molecule has 0 bridgehead atoms. The van der Waals surface area contributed by atoms with Crippen molar-refractivity contribution in [2.45, 2.75) is 6.54 Å². The Balaban J connectivity index is 2.02. The number of hydrogen-bond acceptors (Lipinski definition) is 3. The first-order valence-electron chi connectivity index (χ1n) is 6.31. The van der Waals surface area contributed by atoms with Gasteiger partial charge in [0.1, 0.15) is 12.4 Å². The van der Waals surface area contributed by atoms with E-state index in [0.29, 0.717) is 18.7 Å². The van der Waals surface area contributed by atoms with Crippen molar-refractivity contribution in [1.82, 2.24) is 9.88 Å². The number of carbonyl (C=O) groups excluding carboxylic acids is 1. The van der Waals surface area contributed by atoms with Crippen molar-refractivity contribution in [3.8, 4) is 5.75 Å². The Morgan fingerprint density at radius 1 is 1.20 bits per heavy atom. The summed E-state index contributed by atoms with van der Waals surface area (Å²) >= 11 is 0. The van der Waals surface area contributed by atoms with Crippen LogP contribution in [0, 0.1) is 0 Å². The second-order valence-electron chi connectivity index (χ2n) is 4.19. The highest BCUT2D eigenvalue weighted by Crippen LogP contribution is 2.07. The second kappa shape index (κ2) is 6.56. The highest BCUT2D eigenvalue weighted by Gasteiger charge is 2.05. The van der Waals surface area contributed by atoms with Crippen LogP contribution >= 0.6 is 0 Å². The summed E-state index contributed by atoms with van der Waals surface area (Å²) < 4.78 is 7.00. The number of aromatic nitrogens is 1. The number of nitrogens with zero attached hydrogens (tertiary/aromatic N) is 1. The van der Waals surface area contributed by atoms with Gasteiger partial charge in [-0.25, -0.2) is 0 Å². The van der Waals surface area contributed by atoms with E-state index in [-0.39, 0.29) is 11.5 Å². The first-order chi connectivity index (χ1) is 9.70. The lowest BCUT2D eigenvalue weighted by Crippen LogP contribution is -2.25. The molecule has 0 saturated heterocycles. The summed E-state index contributed by atoms with van der Waals surface area (Å²) in [5.74, 6) is 0.533. The van der Waals surface area contributed by atoms with Crippen LogP contribution in [0.3, 0.4) is 0 Å². The topological polar surface area (TPSA) is 60.3 Å². The Morgan fingerprint density at radius 2 is 1.95 bits per heavy atom. The third-order valence-electron chi connectivity index (χ3n) is 2.82. The van der Waals surface area contributed by atoms with E-state index in [1.54, 1.807) is 7.05 Å². The van der Waals surface area contributed by atoms with Crippen molar-refractivity contribution in [2.24, 2.45) is 0 Å². The smallest absolute Gasteiger partial charge is 0.252 e. The molecule has 1 aromatic heterocycles. The van der Waals surface area contributed by atoms with E-state index in [4.69, 9.17) is 4.74 Å². The molecular weight excluding hydrogens is 256 g/mol. The van der Waals surface area contributed by atoms with Gasteiger partial charge < -0.3 is 14.6 Å². The SMILES string of the molecule is CNC(=O)c1ccc(=O)n(CCOc2ccccc2)c1. The maximum absolute atomic E-state index is 11.7. The van der Waals surface area contributed by atoms with Crippen molar-refractivity contribution < 1.29 is 9.53 Å². The van der Waals surface area contributed by atoms with Gasteiger partial charge in [0.2, 0.25) is 0 Å². The number of benzene rings is 1. The van der Waals surface area contributed by atoms with Crippen LogP contribution in [0.1, 0.15) is 10.4 Å². The average Bonchev–Trinajstić information content (AvgIpc) is 2.49. The van der Waals surface area contributed by atoms with Gasteiger partial charge in [-0.2, -0.15) is 0 Å². The van der Waals surface area contributed by atoms with Gasteiger partial charge in [0.25, 0.3) is 11.5 Å². The molecule has 0 saturated carbocycles. The van der Waals surface area contributed by atoms with Gasteiger partial charge >= 0.3 is 0 Å². The van der Waals surface area contributed by atoms with Gasteiger partial charge in [-0.05, 0) is 18.2 Å². The minimum Gasteiger partial charge on any atom is -0.492 e. The molecule has 1 heterocycles. The molecule has 2 aromatic rings. The zero-order valence-corrected chi connectivity index (χ0v) is 11.2. The molecular formula is C15H16N2O3. The first kappa shape index (κ1) is 13.9. The van der Waals surface area contributed by atoms with Crippen LogP contribution in [0.15, 0.2) is 53.5 Å². The number of rotatable bonds is 5. The second-order valence-corrected chi connectivity index (χ2v) is 4.19. The van der Waals surface area contributed by atoms with Crippen molar-refractivity contribution in [3.63, 3.8) is 0 Å². The van der Waals surface area contributed by atoms with Crippen LogP contribution in [0.5, 0.6) is 5.75 Å². The monoisotopic (exact) mass is 272 g/mol.